The van der Waals surface area contributed by atoms with Crippen LogP contribution in [0.25, 0.3) is 11.1 Å². The number of nitrogens with zero attached hydrogens (tertiary/aromatic N) is 3. The van der Waals surface area contributed by atoms with Gasteiger partial charge < -0.3 is 9.32 Å². The third-order valence-corrected chi connectivity index (χ3v) is 8.29. The molecule has 34 heavy (non-hydrogen) atoms. The first-order valence-corrected chi connectivity index (χ1v) is 13.9. The number of unbranched alkanes of at least 4 members (excludes halogenated alkanes) is 2. The molecular formula is C28H44FN3O2. The van der Waals surface area contributed by atoms with Crippen LogP contribution in [0.3, 0.4) is 0 Å². The number of benzene rings is 1. The number of rotatable bonds is 11. The molecule has 1 aromatic carbocycles. The Bertz CT molecular complexity index is 939. The molecule has 0 amide bonds. The van der Waals surface area contributed by atoms with Gasteiger partial charge in [0.05, 0.1) is 11.7 Å². The normalized spacial score (nSPS) is 20.3. The Morgan fingerprint density at radius 3 is 2.21 bits per heavy atom. The molecule has 0 saturated carbocycles. The van der Waals surface area contributed by atoms with E-state index in [0.29, 0.717) is 11.1 Å². The molecule has 0 bridgehead atoms. The molecule has 0 aliphatic carbocycles. The molecule has 1 atom stereocenters. The third-order valence-electron chi connectivity index (χ3n) is 8.29. The molecule has 1 aromatic heterocycles. The average molecular weight is 474 g/mol. The molecule has 0 radical (unpaired) electrons. The van der Waals surface area contributed by atoms with Crippen LogP contribution in [0.15, 0.2) is 27.4 Å². The van der Waals surface area contributed by atoms with Crippen molar-refractivity contribution in [3.05, 3.63) is 34.6 Å². The van der Waals surface area contributed by atoms with Gasteiger partial charge in [-0.05, 0) is 69.2 Å². The van der Waals surface area contributed by atoms with Crippen molar-refractivity contribution >= 4 is 11.1 Å². The molecule has 2 aliphatic heterocycles. The molecule has 2 aliphatic rings. The van der Waals surface area contributed by atoms with Gasteiger partial charge in [0.1, 0.15) is 5.82 Å². The van der Waals surface area contributed by atoms with Gasteiger partial charge >= 0.3 is 5.76 Å². The fraction of sp³-hybridized carbons (Fsp3) is 0.750. The van der Waals surface area contributed by atoms with Crippen LogP contribution in [-0.4, -0.2) is 47.1 Å². The van der Waals surface area contributed by atoms with E-state index in [1.807, 2.05) is 0 Å². The molecule has 190 valence electrons. The third kappa shape index (κ3) is 6.31. The second kappa shape index (κ2) is 12.3. The maximum Gasteiger partial charge on any atom is 0.421 e. The van der Waals surface area contributed by atoms with Crippen molar-refractivity contribution in [2.24, 2.45) is 11.8 Å². The molecule has 3 heterocycles. The van der Waals surface area contributed by atoms with E-state index in [-0.39, 0.29) is 17.7 Å². The second-order valence-corrected chi connectivity index (χ2v) is 10.7. The van der Waals surface area contributed by atoms with E-state index in [2.05, 4.69) is 23.6 Å². The van der Waals surface area contributed by atoms with Gasteiger partial charge in [-0.1, -0.05) is 52.4 Å². The first-order valence-electron chi connectivity index (χ1n) is 13.9. The van der Waals surface area contributed by atoms with Crippen molar-refractivity contribution in [1.29, 1.82) is 0 Å². The SMILES string of the molecule is CCCCC1CCN(CCC(N2CCC(CCCC)CC2)n2c(=O)oc3cc(F)ccc32)CC1. The number of likely N-dealkylation sites (tertiary alicyclic amines) is 2. The Hall–Kier alpha value is -1.66. The Kier molecular flexibility index (Phi) is 9.24. The van der Waals surface area contributed by atoms with Crippen LogP contribution in [0.2, 0.25) is 0 Å². The van der Waals surface area contributed by atoms with Crippen LogP contribution in [0.5, 0.6) is 0 Å². The van der Waals surface area contributed by atoms with Gasteiger partial charge in [0.15, 0.2) is 5.58 Å². The minimum atomic E-state index is -0.368. The molecule has 2 aromatic rings. The van der Waals surface area contributed by atoms with Crippen LogP contribution in [-0.2, 0) is 0 Å². The summed E-state index contributed by atoms with van der Waals surface area (Å²) in [5, 5.41) is 0. The maximum absolute atomic E-state index is 13.8. The summed E-state index contributed by atoms with van der Waals surface area (Å²) in [7, 11) is 0. The Morgan fingerprint density at radius 1 is 0.971 bits per heavy atom. The molecule has 0 spiro atoms. The van der Waals surface area contributed by atoms with Gasteiger partial charge in [-0.3, -0.25) is 9.47 Å². The molecule has 1 unspecified atom stereocenters. The van der Waals surface area contributed by atoms with Crippen molar-refractivity contribution in [3.8, 4) is 0 Å². The van der Waals surface area contributed by atoms with Crippen molar-refractivity contribution in [1.82, 2.24) is 14.4 Å². The van der Waals surface area contributed by atoms with Crippen LogP contribution in [0.4, 0.5) is 4.39 Å². The summed E-state index contributed by atoms with van der Waals surface area (Å²) in [6.45, 7) is 9.87. The van der Waals surface area contributed by atoms with Crippen molar-refractivity contribution in [2.75, 3.05) is 32.7 Å². The molecular weight excluding hydrogens is 429 g/mol. The summed E-state index contributed by atoms with van der Waals surface area (Å²) < 4.78 is 21.1. The number of aromatic nitrogens is 1. The van der Waals surface area contributed by atoms with E-state index >= 15 is 0 Å². The van der Waals surface area contributed by atoms with Crippen LogP contribution in [0.1, 0.15) is 90.6 Å². The topological polar surface area (TPSA) is 41.6 Å². The number of hydrogen-bond donors (Lipinski definition) is 0. The largest absolute Gasteiger partial charge is 0.421 e. The van der Waals surface area contributed by atoms with Gasteiger partial charge in [-0.15, -0.1) is 0 Å². The summed E-state index contributed by atoms with van der Waals surface area (Å²) in [5.41, 5.74) is 1.06. The zero-order chi connectivity index (χ0) is 23.9. The van der Waals surface area contributed by atoms with E-state index in [1.54, 1.807) is 10.6 Å². The number of fused-ring (bicyclic) bond motifs is 1. The van der Waals surface area contributed by atoms with E-state index in [9.17, 15) is 9.18 Å². The molecule has 2 fully saturated rings. The minimum Gasteiger partial charge on any atom is -0.408 e. The lowest BCUT2D eigenvalue weighted by Gasteiger charge is -2.39. The predicted octanol–water partition coefficient (Wildman–Crippen LogP) is 6.43. The minimum absolute atomic E-state index is 0.0378. The molecule has 0 N–H and O–H groups in total. The highest BCUT2D eigenvalue weighted by Crippen LogP contribution is 2.31. The molecule has 5 nitrogen and oxygen atoms in total. The highest BCUT2D eigenvalue weighted by atomic mass is 19.1. The van der Waals surface area contributed by atoms with Crippen molar-refractivity contribution < 1.29 is 8.81 Å². The van der Waals surface area contributed by atoms with E-state index in [4.69, 9.17) is 4.42 Å². The monoisotopic (exact) mass is 473 g/mol. The number of piperidine rings is 2. The molecule has 6 heteroatoms. The average Bonchev–Trinajstić information content (AvgIpc) is 3.17. The highest BCUT2D eigenvalue weighted by Gasteiger charge is 2.30. The Balaban J connectivity index is 1.46. The number of halogens is 1. The van der Waals surface area contributed by atoms with Gasteiger partial charge in [-0.25, -0.2) is 9.18 Å². The lowest BCUT2D eigenvalue weighted by molar-refractivity contribution is 0.0656. The van der Waals surface area contributed by atoms with Crippen molar-refractivity contribution in [3.63, 3.8) is 0 Å². The van der Waals surface area contributed by atoms with Crippen LogP contribution < -0.4 is 5.76 Å². The highest BCUT2D eigenvalue weighted by molar-refractivity contribution is 5.72. The summed E-state index contributed by atoms with van der Waals surface area (Å²) >= 11 is 0. The zero-order valence-electron chi connectivity index (χ0n) is 21.3. The van der Waals surface area contributed by atoms with Crippen molar-refractivity contribution in [2.45, 2.75) is 90.6 Å². The number of oxazole rings is 1. The fourth-order valence-electron chi connectivity index (χ4n) is 6.09. The first kappa shape index (κ1) is 25.4. The fourth-order valence-corrected chi connectivity index (χ4v) is 6.09. The van der Waals surface area contributed by atoms with E-state index in [0.717, 1.165) is 51.0 Å². The quantitative estimate of drug-likeness (QED) is 0.377. The second-order valence-electron chi connectivity index (χ2n) is 10.7. The summed E-state index contributed by atoms with van der Waals surface area (Å²) in [6, 6.07) is 4.47. The molecule has 2 saturated heterocycles. The van der Waals surface area contributed by atoms with Gasteiger partial charge in [0.2, 0.25) is 0 Å². The van der Waals surface area contributed by atoms with Crippen LogP contribution in [0, 0.1) is 17.7 Å². The maximum atomic E-state index is 13.8. The predicted molar refractivity (Wildman–Crippen MR) is 137 cm³/mol. The van der Waals surface area contributed by atoms with Gasteiger partial charge in [0.25, 0.3) is 0 Å². The zero-order valence-corrected chi connectivity index (χ0v) is 21.3. The molecule has 4 rings (SSSR count). The summed E-state index contributed by atoms with van der Waals surface area (Å²) in [4.78, 5) is 18.0. The Labute approximate surface area is 204 Å². The van der Waals surface area contributed by atoms with Gasteiger partial charge in [-0.2, -0.15) is 0 Å². The Morgan fingerprint density at radius 2 is 1.59 bits per heavy atom. The van der Waals surface area contributed by atoms with E-state index in [1.165, 1.54) is 76.3 Å². The summed E-state index contributed by atoms with van der Waals surface area (Å²) in [5.74, 6) is 0.944. The lowest BCUT2D eigenvalue weighted by Crippen LogP contribution is -2.44. The lowest BCUT2D eigenvalue weighted by atomic mass is 9.91. The van der Waals surface area contributed by atoms with E-state index < -0.39 is 0 Å². The smallest absolute Gasteiger partial charge is 0.408 e. The number of hydrogen-bond acceptors (Lipinski definition) is 4. The van der Waals surface area contributed by atoms with Crippen LogP contribution >= 0.6 is 0 Å². The standard InChI is InChI=1S/C28H44FN3O2/c1-3-5-7-22-11-16-30(17-12-22)18-15-27(31-19-13-23(14-20-31)8-6-4-2)32-25-10-9-24(29)21-26(25)34-28(32)33/h9-10,21-23,27H,3-8,11-20H2,1-2H3. The van der Waals surface area contributed by atoms with Gasteiger partial charge in [0, 0.05) is 25.7 Å². The first-order chi connectivity index (χ1) is 16.6. The summed E-state index contributed by atoms with van der Waals surface area (Å²) in [6.07, 6.45) is 13.7.